The lowest BCUT2D eigenvalue weighted by Crippen LogP contribution is -2.40. The van der Waals surface area contributed by atoms with Crippen LogP contribution in [0.15, 0.2) is 0 Å². The van der Waals surface area contributed by atoms with Crippen LogP contribution in [0.1, 0.15) is 13.8 Å². The number of rotatable bonds is 4. The predicted octanol–water partition coefficient (Wildman–Crippen LogP) is 1.59. The molecule has 0 saturated carbocycles. The third-order valence-corrected chi connectivity index (χ3v) is 4.88. The monoisotopic (exact) mass is 221 g/mol. The molecule has 0 bridgehead atoms. The molecule has 78 valence electrons. The molecule has 1 heterocycles. The van der Waals surface area contributed by atoms with Gasteiger partial charge in [-0.2, -0.15) is 23.5 Å². The molecule has 1 fully saturated rings. The van der Waals surface area contributed by atoms with Gasteiger partial charge in [-0.05, 0) is 13.8 Å². The van der Waals surface area contributed by atoms with E-state index in [4.69, 9.17) is 10.5 Å². The molecular weight excluding hydrogens is 202 g/mol. The van der Waals surface area contributed by atoms with Gasteiger partial charge in [-0.1, -0.05) is 0 Å². The molecule has 1 aliphatic rings. The number of nitrogens with two attached hydrogens (primary N) is 1. The minimum atomic E-state index is 0.209. The molecule has 1 rings (SSSR count). The van der Waals surface area contributed by atoms with Crippen molar-refractivity contribution in [1.29, 1.82) is 0 Å². The summed E-state index contributed by atoms with van der Waals surface area (Å²) in [5.74, 6) is 3.71. The van der Waals surface area contributed by atoms with Crippen LogP contribution in [0.4, 0.5) is 0 Å². The summed E-state index contributed by atoms with van der Waals surface area (Å²) < 4.78 is 5.51. The van der Waals surface area contributed by atoms with E-state index in [-0.39, 0.29) is 6.04 Å². The third-order valence-electron chi connectivity index (χ3n) is 1.94. The molecule has 0 radical (unpaired) electrons. The van der Waals surface area contributed by atoms with Crippen LogP contribution in [0.25, 0.3) is 0 Å². The van der Waals surface area contributed by atoms with Gasteiger partial charge in [0.2, 0.25) is 0 Å². The summed E-state index contributed by atoms with van der Waals surface area (Å²) >= 11 is 4.01. The fourth-order valence-corrected chi connectivity index (χ4v) is 3.97. The predicted molar refractivity (Wildman–Crippen MR) is 62.6 cm³/mol. The van der Waals surface area contributed by atoms with Gasteiger partial charge in [-0.15, -0.1) is 0 Å². The van der Waals surface area contributed by atoms with Crippen LogP contribution in [0.2, 0.25) is 0 Å². The highest BCUT2D eigenvalue weighted by atomic mass is 32.2. The minimum absolute atomic E-state index is 0.209. The third kappa shape index (κ3) is 4.58. The van der Waals surface area contributed by atoms with Crippen LogP contribution in [0.5, 0.6) is 0 Å². The van der Waals surface area contributed by atoms with Crippen molar-refractivity contribution >= 4 is 23.5 Å². The molecule has 0 amide bonds. The first-order valence-corrected chi connectivity index (χ1v) is 6.97. The Balaban J connectivity index is 2.17. The molecular formula is C9H19NOS2. The summed E-state index contributed by atoms with van der Waals surface area (Å²) in [6, 6.07) is 0.209. The standard InChI is InChI=1S/C9H19NOS2/c1-7(2)11-5-8(10)9-6-12-3-4-13-9/h7-9H,3-6,10H2,1-2H3. The minimum Gasteiger partial charge on any atom is -0.377 e. The Hall–Kier alpha value is 0.620. The second kappa shape index (κ2) is 6.17. The topological polar surface area (TPSA) is 35.2 Å². The average molecular weight is 221 g/mol. The van der Waals surface area contributed by atoms with E-state index in [1.165, 1.54) is 17.3 Å². The van der Waals surface area contributed by atoms with E-state index in [0.717, 1.165) is 0 Å². The second-order valence-corrected chi connectivity index (χ2v) is 6.03. The van der Waals surface area contributed by atoms with Crippen molar-refractivity contribution in [2.45, 2.75) is 31.2 Å². The van der Waals surface area contributed by atoms with Crippen molar-refractivity contribution in [3.8, 4) is 0 Å². The molecule has 0 aromatic heterocycles. The molecule has 13 heavy (non-hydrogen) atoms. The summed E-state index contributed by atoms with van der Waals surface area (Å²) in [4.78, 5) is 0. The van der Waals surface area contributed by atoms with E-state index in [0.29, 0.717) is 18.0 Å². The summed E-state index contributed by atoms with van der Waals surface area (Å²) in [7, 11) is 0. The highest BCUT2D eigenvalue weighted by Crippen LogP contribution is 2.25. The molecule has 2 atom stereocenters. The van der Waals surface area contributed by atoms with E-state index in [9.17, 15) is 0 Å². The Kier molecular flexibility index (Phi) is 5.55. The largest absolute Gasteiger partial charge is 0.377 e. The zero-order valence-corrected chi connectivity index (χ0v) is 10.00. The van der Waals surface area contributed by atoms with E-state index < -0.39 is 0 Å². The molecule has 0 aromatic carbocycles. The number of ether oxygens (including phenoxy) is 1. The van der Waals surface area contributed by atoms with Crippen molar-refractivity contribution in [3.05, 3.63) is 0 Å². The highest BCUT2D eigenvalue weighted by molar-refractivity contribution is 8.06. The summed E-state index contributed by atoms with van der Waals surface area (Å²) in [5.41, 5.74) is 6.04. The van der Waals surface area contributed by atoms with Crippen molar-refractivity contribution in [2.75, 3.05) is 23.9 Å². The lowest BCUT2D eigenvalue weighted by molar-refractivity contribution is 0.0688. The Morgan fingerprint density at radius 3 is 2.77 bits per heavy atom. The van der Waals surface area contributed by atoms with Gasteiger partial charge in [0, 0.05) is 28.6 Å². The lowest BCUT2D eigenvalue weighted by Gasteiger charge is -2.27. The van der Waals surface area contributed by atoms with Gasteiger partial charge in [-0.25, -0.2) is 0 Å². The lowest BCUT2D eigenvalue weighted by atomic mass is 10.2. The zero-order valence-electron chi connectivity index (χ0n) is 8.36. The van der Waals surface area contributed by atoms with Crippen LogP contribution in [0, 0.1) is 0 Å². The molecule has 2 N–H and O–H groups in total. The Morgan fingerprint density at radius 1 is 1.46 bits per heavy atom. The highest BCUT2D eigenvalue weighted by Gasteiger charge is 2.21. The molecule has 1 saturated heterocycles. The maximum Gasteiger partial charge on any atom is 0.0632 e. The van der Waals surface area contributed by atoms with E-state index in [1.807, 2.05) is 23.5 Å². The first kappa shape index (κ1) is 11.7. The van der Waals surface area contributed by atoms with Gasteiger partial charge in [-0.3, -0.25) is 0 Å². The molecule has 0 aromatic rings. The number of hydrogen-bond acceptors (Lipinski definition) is 4. The van der Waals surface area contributed by atoms with Gasteiger partial charge < -0.3 is 10.5 Å². The second-order valence-electron chi connectivity index (χ2n) is 3.53. The van der Waals surface area contributed by atoms with Crippen molar-refractivity contribution < 1.29 is 4.74 Å². The quantitative estimate of drug-likeness (QED) is 0.782. The molecule has 4 heteroatoms. The Morgan fingerprint density at radius 2 is 2.23 bits per heavy atom. The van der Waals surface area contributed by atoms with Crippen molar-refractivity contribution in [3.63, 3.8) is 0 Å². The molecule has 2 nitrogen and oxygen atoms in total. The van der Waals surface area contributed by atoms with E-state index in [2.05, 4.69) is 13.8 Å². The fraction of sp³-hybridized carbons (Fsp3) is 1.00. The molecule has 0 spiro atoms. The number of thioether (sulfide) groups is 2. The smallest absolute Gasteiger partial charge is 0.0632 e. The molecule has 1 aliphatic heterocycles. The van der Waals surface area contributed by atoms with Crippen LogP contribution < -0.4 is 5.73 Å². The maximum absolute atomic E-state index is 6.04. The normalized spacial score (nSPS) is 26.3. The number of hydrogen-bond donors (Lipinski definition) is 1. The van der Waals surface area contributed by atoms with Crippen LogP contribution in [0.3, 0.4) is 0 Å². The molecule has 2 unspecified atom stereocenters. The zero-order chi connectivity index (χ0) is 9.68. The van der Waals surface area contributed by atoms with E-state index in [1.54, 1.807) is 0 Å². The Labute approximate surface area is 89.4 Å². The van der Waals surface area contributed by atoms with Gasteiger partial charge in [0.05, 0.1) is 12.7 Å². The fourth-order valence-electron chi connectivity index (χ4n) is 1.16. The van der Waals surface area contributed by atoms with Crippen molar-refractivity contribution in [2.24, 2.45) is 5.73 Å². The summed E-state index contributed by atoms with van der Waals surface area (Å²) in [6.07, 6.45) is 0.298. The van der Waals surface area contributed by atoms with Crippen LogP contribution in [-0.4, -0.2) is 41.3 Å². The van der Waals surface area contributed by atoms with Gasteiger partial charge in [0.1, 0.15) is 0 Å². The first-order chi connectivity index (χ1) is 6.20. The molecule has 0 aliphatic carbocycles. The Bertz CT molecular complexity index is 138. The van der Waals surface area contributed by atoms with E-state index >= 15 is 0 Å². The first-order valence-electron chi connectivity index (χ1n) is 4.76. The SMILES string of the molecule is CC(C)OCC(N)C1CSCCS1. The summed E-state index contributed by atoms with van der Waals surface area (Å²) in [6.45, 7) is 4.81. The van der Waals surface area contributed by atoms with Gasteiger partial charge in [0.15, 0.2) is 0 Å². The van der Waals surface area contributed by atoms with Crippen molar-refractivity contribution in [1.82, 2.24) is 0 Å². The maximum atomic E-state index is 6.04. The van der Waals surface area contributed by atoms with Crippen LogP contribution in [-0.2, 0) is 4.74 Å². The average Bonchev–Trinajstić information content (AvgIpc) is 2.15. The van der Waals surface area contributed by atoms with Gasteiger partial charge >= 0.3 is 0 Å². The van der Waals surface area contributed by atoms with Crippen LogP contribution >= 0.6 is 23.5 Å². The summed E-state index contributed by atoms with van der Waals surface area (Å²) in [5, 5.41) is 0.595. The van der Waals surface area contributed by atoms with Gasteiger partial charge in [0.25, 0.3) is 0 Å².